The zero-order valence-corrected chi connectivity index (χ0v) is 53.5. The van der Waals surface area contributed by atoms with E-state index in [0.29, 0.717) is 25.7 Å². The molecule has 0 bridgehead atoms. The quantitative estimate of drug-likeness (QED) is 0.0140. The van der Waals surface area contributed by atoms with Gasteiger partial charge >= 0.3 is 23.9 Å². The van der Waals surface area contributed by atoms with Gasteiger partial charge in [-0.15, -0.1) is 0 Å². The summed E-state index contributed by atoms with van der Waals surface area (Å²) in [5.41, 5.74) is 0. The van der Waals surface area contributed by atoms with Crippen LogP contribution >= 0.6 is 0 Å². The van der Waals surface area contributed by atoms with Gasteiger partial charge in [-0.05, 0) is 76.0 Å². The monoisotopic (exact) mass is 1400 g/mol. The maximum Gasteiger partial charge on any atom is 0.330 e. The van der Waals surface area contributed by atoms with Crippen LogP contribution in [0.5, 0.6) is 0 Å². The molecule has 0 aromatic rings. The van der Waals surface area contributed by atoms with Crippen LogP contribution in [0.1, 0.15) is 83.5 Å². The second-order valence-corrected chi connectivity index (χ2v) is 26.8. The molecule has 35 nitrogen and oxygen atoms in total. The van der Waals surface area contributed by atoms with E-state index in [1.165, 1.54) is 20.3 Å². The SMILES string of the molecule is COC1CC(C=CC(=O)OC2C(OC3C(OC4CC5C(OC6OC(COC(=O)CC(=O)O)C(O)C(O)C6O)CC(O)CC5[OH+]C4C4CCC(O)C(O)C4)OC(COC(=O)C=CC4CCC(OC5OC(CO)C(O)C(O)C5O)CC4)C(O)C3O)OC(CO)C(O)C2O)CC(OC)C1O. The first kappa shape index (κ1) is 77.4. The van der Waals surface area contributed by atoms with Crippen LogP contribution in [0, 0.1) is 23.7 Å². The minimum atomic E-state index is -2.14. The molecule has 4 aliphatic carbocycles. The molecule has 97 heavy (non-hydrogen) atoms. The molecule has 5 aliphatic heterocycles. The topological polar surface area (TPSA) is 545 Å². The third kappa shape index (κ3) is 18.9. The molecule has 35 heteroatoms. The highest BCUT2D eigenvalue weighted by Crippen LogP contribution is 2.45. The van der Waals surface area contributed by atoms with Crippen LogP contribution in [0.2, 0.25) is 0 Å². The van der Waals surface area contributed by atoms with Gasteiger partial charge in [0.2, 0.25) is 0 Å². The van der Waals surface area contributed by atoms with Crippen molar-refractivity contribution >= 4 is 23.9 Å². The normalized spacial score (nSPS) is 46.8. The lowest BCUT2D eigenvalue weighted by atomic mass is 9.72. The van der Waals surface area contributed by atoms with Crippen molar-refractivity contribution in [3.8, 4) is 0 Å². The van der Waals surface area contributed by atoms with Crippen molar-refractivity contribution in [3.63, 3.8) is 0 Å². The lowest BCUT2D eigenvalue weighted by molar-refractivity contribution is -0.390. The molecule has 0 aromatic carbocycles. The summed E-state index contributed by atoms with van der Waals surface area (Å²) in [6, 6.07) is 0. The summed E-state index contributed by atoms with van der Waals surface area (Å²) >= 11 is 0. The third-order valence-electron chi connectivity index (χ3n) is 20.3. The summed E-state index contributed by atoms with van der Waals surface area (Å²) in [5.74, 6) is -6.74. The highest BCUT2D eigenvalue weighted by Gasteiger charge is 2.59. The standard InChI is InChI=1S/C62H96O35/c1-84-34-13-25(14-35(85-2)45(34)73)6-12-43(71)96-57-52(80)47(75)38(21-64)93-62(57)97-58-53(81)49(77)40(22-86-42(70)11-5-24-3-8-28(9-4-24)88-59-54(82)50(78)46(74)37(20-63)92-59)95-61(58)91-36-18-29-32(89-56(36)26-7-10-30(66)31(67)15-26)16-27(65)17-33(29)90-60-55(83)51(79)48(76)39(94-60)23-87-44(72)19-41(68)69/h5-6,11-12,24-40,45-67,73-83H,3-4,7-10,13-23H2,1-2H3,(H,68,69)/p+1. The number of hydrogen-bond donors (Lipinski definition) is 17. The zero-order chi connectivity index (χ0) is 70.3. The van der Waals surface area contributed by atoms with E-state index in [4.69, 9.17) is 71.4 Å². The van der Waals surface area contributed by atoms with Crippen molar-refractivity contribution < 1.29 is 172 Å². The number of allylic oxidation sites excluding steroid dienone is 2. The minimum Gasteiger partial charge on any atom is -0.481 e. The summed E-state index contributed by atoms with van der Waals surface area (Å²) in [6.07, 6.45) is -39.7. The van der Waals surface area contributed by atoms with Gasteiger partial charge in [0.25, 0.3) is 0 Å². The molecule has 0 spiro atoms. The number of ether oxygens (including phenoxy) is 14. The minimum absolute atomic E-state index is 0.0303. The Bertz CT molecular complexity index is 2560. The molecular formula is C62H97O35+. The Hall–Kier alpha value is -3.72. The van der Waals surface area contributed by atoms with Crippen molar-refractivity contribution in [1.82, 2.24) is 0 Å². The number of rotatable bonds is 24. The van der Waals surface area contributed by atoms with Crippen LogP contribution in [-0.2, 0) is 80.8 Å². The van der Waals surface area contributed by atoms with Crippen LogP contribution in [0.25, 0.3) is 0 Å². The molecule has 554 valence electrons. The zero-order valence-electron chi connectivity index (χ0n) is 53.5. The van der Waals surface area contributed by atoms with E-state index >= 15 is 0 Å². The molecule has 4 saturated carbocycles. The van der Waals surface area contributed by atoms with Crippen LogP contribution in [0.3, 0.4) is 0 Å². The molecule has 31 unspecified atom stereocenters. The highest BCUT2D eigenvalue weighted by molar-refractivity contribution is 5.90. The van der Waals surface area contributed by atoms with Crippen LogP contribution in [-0.4, -0.2) is 346 Å². The average Bonchev–Trinajstić information content (AvgIpc) is 0.770. The number of aliphatic hydroxyl groups is 18. The third-order valence-corrected chi connectivity index (χ3v) is 20.3. The van der Waals surface area contributed by atoms with E-state index in [2.05, 4.69) is 0 Å². The number of carboxylic acid groups (broad SMARTS) is 1. The Labute approximate surface area is 556 Å². The number of esters is 3. The second kappa shape index (κ2) is 35.0. The Morgan fingerprint density at radius 2 is 0.990 bits per heavy atom. The molecule has 18 N–H and O–H groups in total. The van der Waals surface area contributed by atoms with Gasteiger partial charge in [0.1, 0.15) is 123 Å². The molecule has 5 saturated heterocycles. The van der Waals surface area contributed by atoms with Crippen LogP contribution in [0.15, 0.2) is 24.3 Å². The smallest absolute Gasteiger partial charge is 0.330 e. The first-order valence-electron chi connectivity index (χ1n) is 33.1. The fourth-order valence-corrected chi connectivity index (χ4v) is 14.7. The van der Waals surface area contributed by atoms with Crippen LogP contribution < -0.4 is 0 Å². The lowest BCUT2D eigenvalue weighted by Gasteiger charge is -2.51. The van der Waals surface area contributed by atoms with Crippen molar-refractivity contribution in [2.45, 2.75) is 273 Å². The molecule has 9 fully saturated rings. The van der Waals surface area contributed by atoms with Crippen LogP contribution in [0.4, 0.5) is 0 Å². The number of carbonyl (C=O) groups excluding carboxylic acids is 3. The highest BCUT2D eigenvalue weighted by atomic mass is 16.8. The maximum atomic E-state index is 13.8. The van der Waals surface area contributed by atoms with E-state index in [1.807, 2.05) is 0 Å². The van der Waals surface area contributed by atoms with Gasteiger partial charge in [-0.25, -0.2) is 9.59 Å². The molecule has 31 atom stereocenters. The van der Waals surface area contributed by atoms with Gasteiger partial charge in [-0.3, -0.25) is 9.59 Å². The Kier molecular flexibility index (Phi) is 27.9. The van der Waals surface area contributed by atoms with Crippen molar-refractivity contribution in [2.75, 3.05) is 40.6 Å². The molecule has 9 rings (SSSR count). The number of fused-ring (bicyclic) bond motifs is 1. The summed E-state index contributed by atoms with van der Waals surface area (Å²) in [4.78, 5) is 50.6. The molecule has 9 aliphatic rings. The van der Waals surface area contributed by atoms with E-state index in [0.717, 1.165) is 12.2 Å². The van der Waals surface area contributed by atoms with E-state index < -0.39 is 264 Å². The van der Waals surface area contributed by atoms with Crippen molar-refractivity contribution in [3.05, 3.63) is 24.3 Å². The van der Waals surface area contributed by atoms with Gasteiger partial charge in [0, 0.05) is 45.1 Å². The van der Waals surface area contributed by atoms with Crippen molar-refractivity contribution in [2.24, 2.45) is 23.7 Å². The first-order chi connectivity index (χ1) is 46.2. The van der Waals surface area contributed by atoms with E-state index in [-0.39, 0.29) is 57.3 Å². The molecule has 5 heterocycles. The number of hydrogen-bond acceptors (Lipinski definition) is 33. The fourth-order valence-electron chi connectivity index (χ4n) is 14.7. The number of aliphatic carboxylic acids is 1. The van der Waals surface area contributed by atoms with Gasteiger partial charge in [-0.1, -0.05) is 12.2 Å². The summed E-state index contributed by atoms with van der Waals surface area (Å²) in [6.45, 7) is -3.13. The predicted octanol–water partition coefficient (Wildman–Crippen LogP) is -7.44. The second-order valence-electron chi connectivity index (χ2n) is 26.8. The molecular weight excluding hydrogens is 1300 g/mol. The lowest BCUT2D eigenvalue weighted by Crippen LogP contribution is -2.66. The Morgan fingerprint density at radius 3 is 1.61 bits per heavy atom. The Balaban J connectivity index is 0.966. The first-order valence-corrected chi connectivity index (χ1v) is 33.1. The number of carbonyl (C=O) groups is 4. The van der Waals surface area contributed by atoms with Gasteiger partial charge < -0.3 is 153 Å². The molecule has 0 amide bonds. The maximum absolute atomic E-state index is 13.8. The van der Waals surface area contributed by atoms with Crippen molar-refractivity contribution in [1.29, 1.82) is 0 Å². The number of methoxy groups -OCH3 is 2. The summed E-state index contributed by atoms with van der Waals surface area (Å²) in [7, 11) is 2.81. The van der Waals surface area contributed by atoms with Gasteiger partial charge in [-0.2, -0.15) is 0 Å². The Morgan fingerprint density at radius 1 is 0.464 bits per heavy atom. The summed E-state index contributed by atoms with van der Waals surface area (Å²) in [5, 5.41) is 184. The predicted molar refractivity (Wildman–Crippen MR) is 315 cm³/mol. The van der Waals surface area contributed by atoms with E-state index in [1.54, 1.807) is 6.08 Å². The van der Waals surface area contributed by atoms with Gasteiger partial charge in [0.15, 0.2) is 43.5 Å². The number of aliphatic hydroxyl groups excluding tert-OH is 16. The summed E-state index contributed by atoms with van der Waals surface area (Å²) < 4.78 is 81.6. The average molecular weight is 1400 g/mol. The van der Waals surface area contributed by atoms with Gasteiger partial charge in [0.05, 0.1) is 61.9 Å². The molecule has 0 aromatic heterocycles. The fraction of sp³-hybridized carbons (Fsp3) is 0.871. The molecule has 0 radical (unpaired) electrons. The van der Waals surface area contributed by atoms with E-state index in [9.17, 15) is 101 Å². The number of carboxylic acids is 1. The largest absolute Gasteiger partial charge is 0.481 e.